The minimum atomic E-state index is -1.01. The Kier molecular flexibility index (Phi) is 2.76. The summed E-state index contributed by atoms with van der Waals surface area (Å²) >= 11 is 5.41. The first-order valence-corrected chi connectivity index (χ1v) is 3.45. The lowest BCUT2D eigenvalue weighted by Gasteiger charge is -1.89. The first-order chi connectivity index (χ1) is 5.68. The van der Waals surface area contributed by atoms with Crippen molar-refractivity contribution in [1.29, 1.82) is 0 Å². The van der Waals surface area contributed by atoms with E-state index >= 15 is 0 Å². The Balaban J connectivity index is 2.77. The molecule has 1 heterocycles. The van der Waals surface area contributed by atoms with Gasteiger partial charge >= 0.3 is 5.97 Å². The maximum absolute atomic E-state index is 10.1. The fourth-order valence-electron chi connectivity index (χ4n) is 0.576. The van der Waals surface area contributed by atoms with Crippen LogP contribution in [0.5, 0.6) is 0 Å². The molecule has 0 aliphatic heterocycles. The number of aromatic nitrogens is 2. The van der Waals surface area contributed by atoms with Crippen molar-refractivity contribution in [3.8, 4) is 0 Å². The third-order valence-electron chi connectivity index (χ3n) is 1.06. The molecule has 0 atom stereocenters. The highest BCUT2D eigenvalue weighted by atomic mass is 35.5. The van der Waals surface area contributed by atoms with Gasteiger partial charge in [0.2, 0.25) is 5.28 Å². The molecule has 62 valence electrons. The molecule has 0 saturated heterocycles. The summed E-state index contributed by atoms with van der Waals surface area (Å²) < 4.78 is 0. The van der Waals surface area contributed by atoms with E-state index in [0.29, 0.717) is 5.56 Å². The standard InChI is InChI=1S/C7H5ClN2O2/c8-7-9-3-5(4-10-7)1-2-6(11)12/h1-4H,(H,11,12)/b2-1+. The smallest absolute Gasteiger partial charge is 0.328 e. The van der Waals surface area contributed by atoms with Crippen molar-refractivity contribution < 1.29 is 9.90 Å². The van der Waals surface area contributed by atoms with Crippen molar-refractivity contribution in [2.45, 2.75) is 0 Å². The lowest BCUT2D eigenvalue weighted by molar-refractivity contribution is -0.131. The van der Waals surface area contributed by atoms with Crippen LogP contribution in [0.15, 0.2) is 18.5 Å². The number of rotatable bonds is 2. The van der Waals surface area contributed by atoms with Crippen LogP contribution in [-0.4, -0.2) is 21.0 Å². The quantitative estimate of drug-likeness (QED) is 0.555. The largest absolute Gasteiger partial charge is 0.478 e. The van der Waals surface area contributed by atoms with E-state index < -0.39 is 5.97 Å². The molecular formula is C7H5ClN2O2. The van der Waals surface area contributed by atoms with E-state index in [1.165, 1.54) is 18.5 Å². The zero-order valence-corrected chi connectivity index (χ0v) is 6.69. The normalized spacial score (nSPS) is 10.4. The molecule has 1 aromatic heterocycles. The highest BCUT2D eigenvalue weighted by molar-refractivity contribution is 6.28. The van der Waals surface area contributed by atoms with Crippen molar-refractivity contribution >= 4 is 23.6 Å². The zero-order valence-electron chi connectivity index (χ0n) is 5.94. The van der Waals surface area contributed by atoms with E-state index in [-0.39, 0.29) is 5.28 Å². The lowest BCUT2D eigenvalue weighted by Crippen LogP contribution is -1.87. The summed E-state index contributed by atoms with van der Waals surface area (Å²) in [7, 11) is 0. The summed E-state index contributed by atoms with van der Waals surface area (Å²) in [5.74, 6) is -1.01. The van der Waals surface area contributed by atoms with Gasteiger partial charge in [-0.3, -0.25) is 0 Å². The molecule has 0 saturated carbocycles. The Morgan fingerprint density at radius 3 is 2.58 bits per heavy atom. The van der Waals surface area contributed by atoms with E-state index in [4.69, 9.17) is 16.7 Å². The van der Waals surface area contributed by atoms with Crippen molar-refractivity contribution in [3.63, 3.8) is 0 Å². The van der Waals surface area contributed by atoms with Gasteiger partial charge in [-0.25, -0.2) is 14.8 Å². The number of nitrogens with zero attached hydrogens (tertiary/aromatic N) is 2. The molecule has 4 nitrogen and oxygen atoms in total. The van der Waals surface area contributed by atoms with E-state index in [0.717, 1.165) is 6.08 Å². The Morgan fingerprint density at radius 1 is 1.50 bits per heavy atom. The Hall–Kier alpha value is -1.42. The van der Waals surface area contributed by atoms with Gasteiger partial charge in [0.25, 0.3) is 0 Å². The van der Waals surface area contributed by atoms with Crippen molar-refractivity contribution in [2.75, 3.05) is 0 Å². The third-order valence-corrected chi connectivity index (χ3v) is 1.25. The first-order valence-electron chi connectivity index (χ1n) is 3.07. The van der Waals surface area contributed by atoms with Crippen LogP contribution in [0.1, 0.15) is 5.56 Å². The SMILES string of the molecule is O=C(O)/C=C/c1cnc(Cl)nc1. The topological polar surface area (TPSA) is 63.1 Å². The van der Waals surface area contributed by atoms with Gasteiger partial charge in [0.05, 0.1) is 0 Å². The minimum absolute atomic E-state index is 0.141. The molecule has 0 bridgehead atoms. The van der Waals surface area contributed by atoms with Gasteiger partial charge in [-0.1, -0.05) is 0 Å². The van der Waals surface area contributed by atoms with Crippen molar-refractivity contribution in [2.24, 2.45) is 0 Å². The fraction of sp³-hybridized carbons (Fsp3) is 0. The Labute approximate surface area is 73.5 Å². The number of hydrogen-bond acceptors (Lipinski definition) is 3. The van der Waals surface area contributed by atoms with Gasteiger partial charge in [0, 0.05) is 24.0 Å². The van der Waals surface area contributed by atoms with Crippen molar-refractivity contribution in [1.82, 2.24) is 9.97 Å². The first kappa shape index (κ1) is 8.67. The average molecular weight is 185 g/mol. The summed E-state index contributed by atoms with van der Waals surface area (Å²) in [6, 6.07) is 0. The summed E-state index contributed by atoms with van der Waals surface area (Å²) in [5, 5.41) is 8.42. The van der Waals surface area contributed by atoms with Gasteiger partial charge < -0.3 is 5.11 Å². The van der Waals surface area contributed by atoms with E-state index in [2.05, 4.69) is 9.97 Å². The summed E-state index contributed by atoms with van der Waals surface area (Å²) in [6.45, 7) is 0. The average Bonchev–Trinajstić information content (AvgIpc) is 2.03. The van der Waals surface area contributed by atoms with Gasteiger partial charge in [0.15, 0.2) is 0 Å². The van der Waals surface area contributed by atoms with Crippen LogP contribution in [0.25, 0.3) is 6.08 Å². The summed E-state index contributed by atoms with van der Waals surface area (Å²) in [4.78, 5) is 17.4. The molecule has 0 fully saturated rings. The van der Waals surface area contributed by atoms with E-state index in [9.17, 15) is 4.79 Å². The third kappa shape index (κ3) is 2.67. The maximum Gasteiger partial charge on any atom is 0.328 e. The predicted octanol–water partition coefficient (Wildman–Crippen LogP) is 1.23. The molecule has 1 aromatic rings. The number of halogens is 1. The molecule has 0 aliphatic carbocycles. The monoisotopic (exact) mass is 184 g/mol. The van der Waals surface area contributed by atoms with Gasteiger partial charge in [-0.15, -0.1) is 0 Å². The molecule has 5 heteroatoms. The van der Waals surface area contributed by atoms with Gasteiger partial charge in [-0.05, 0) is 17.7 Å². The van der Waals surface area contributed by atoms with Gasteiger partial charge in [0.1, 0.15) is 0 Å². The number of aliphatic carboxylic acids is 1. The molecule has 0 radical (unpaired) electrons. The van der Waals surface area contributed by atoms with Crippen LogP contribution in [0.3, 0.4) is 0 Å². The molecule has 0 amide bonds. The molecule has 0 spiro atoms. The molecular weight excluding hydrogens is 180 g/mol. The molecule has 0 aromatic carbocycles. The Bertz CT molecular complexity index is 308. The highest BCUT2D eigenvalue weighted by Crippen LogP contribution is 2.01. The number of carboxylic acid groups (broad SMARTS) is 1. The lowest BCUT2D eigenvalue weighted by atomic mass is 10.3. The Morgan fingerprint density at radius 2 is 2.08 bits per heavy atom. The van der Waals surface area contributed by atoms with Gasteiger partial charge in [-0.2, -0.15) is 0 Å². The molecule has 0 unspecified atom stereocenters. The second-order valence-electron chi connectivity index (χ2n) is 1.96. The molecule has 1 rings (SSSR count). The minimum Gasteiger partial charge on any atom is -0.478 e. The predicted molar refractivity (Wildman–Crippen MR) is 43.7 cm³/mol. The second kappa shape index (κ2) is 3.82. The van der Waals surface area contributed by atoms with Crippen LogP contribution >= 0.6 is 11.6 Å². The number of carboxylic acids is 1. The number of carbonyl (C=O) groups is 1. The van der Waals surface area contributed by atoms with Crippen LogP contribution in [0.2, 0.25) is 5.28 Å². The van der Waals surface area contributed by atoms with Crippen LogP contribution in [-0.2, 0) is 4.79 Å². The van der Waals surface area contributed by atoms with E-state index in [1.54, 1.807) is 0 Å². The zero-order chi connectivity index (χ0) is 8.97. The molecule has 1 N–H and O–H groups in total. The van der Waals surface area contributed by atoms with E-state index in [1.807, 2.05) is 0 Å². The molecule has 12 heavy (non-hydrogen) atoms. The summed E-state index contributed by atoms with van der Waals surface area (Å²) in [6.07, 6.45) is 5.27. The van der Waals surface area contributed by atoms with Crippen LogP contribution in [0, 0.1) is 0 Å². The maximum atomic E-state index is 10.1. The van der Waals surface area contributed by atoms with Crippen molar-refractivity contribution in [3.05, 3.63) is 29.3 Å². The second-order valence-corrected chi connectivity index (χ2v) is 2.30. The fourth-order valence-corrected chi connectivity index (χ4v) is 0.673. The summed E-state index contributed by atoms with van der Waals surface area (Å²) in [5.41, 5.74) is 0.599. The number of hydrogen-bond donors (Lipinski definition) is 1. The molecule has 0 aliphatic rings. The van der Waals surface area contributed by atoms with Crippen LogP contribution in [0.4, 0.5) is 0 Å². The van der Waals surface area contributed by atoms with Crippen LogP contribution < -0.4 is 0 Å². The highest BCUT2D eigenvalue weighted by Gasteiger charge is 1.91.